The molecule has 7 nitrogen and oxygen atoms in total. The fourth-order valence-electron chi connectivity index (χ4n) is 1.81. The van der Waals surface area contributed by atoms with Gasteiger partial charge in [-0.25, -0.2) is 0 Å². The molecule has 0 saturated heterocycles. The van der Waals surface area contributed by atoms with E-state index in [1.54, 1.807) is 31.4 Å². The van der Waals surface area contributed by atoms with E-state index in [0.717, 1.165) is 0 Å². The van der Waals surface area contributed by atoms with E-state index in [4.69, 9.17) is 4.74 Å². The number of nitrogens with zero attached hydrogens (tertiary/aromatic N) is 2. The second kappa shape index (κ2) is 9.36. The van der Waals surface area contributed by atoms with Gasteiger partial charge in [-0.1, -0.05) is 35.2 Å². The van der Waals surface area contributed by atoms with Gasteiger partial charge in [-0.3, -0.25) is 9.59 Å². The molecule has 0 radical (unpaired) electrons. The van der Waals surface area contributed by atoms with Crippen molar-refractivity contribution in [2.24, 2.45) is 0 Å². The van der Waals surface area contributed by atoms with Crippen LogP contribution in [0.15, 0.2) is 28.6 Å². The maximum atomic E-state index is 12.1. The zero-order valence-electron chi connectivity index (χ0n) is 13.4. The number of benzene rings is 1. The number of methoxy groups -OCH3 is 1. The molecule has 1 aromatic carbocycles. The van der Waals surface area contributed by atoms with E-state index >= 15 is 0 Å². The van der Waals surface area contributed by atoms with Gasteiger partial charge in [0, 0.05) is 19.2 Å². The Bertz CT molecular complexity index is 706. The van der Waals surface area contributed by atoms with Crippen molar-refractivity contribution < 1.29 is 14.3 Å². The Kier molecular flexibility index (Phi) is 7.16. The van der Waals surface area contributed by atoms with Crippen molar-refractivity contribution in [3.63, 3.8) is 0 Å². The molecular formula is C15H18N4O3S2. The minimum Gasteiger partial charge on any atom is -0.383 e. The number of rotatable bonds is 9. The molecule has 9 heteroatoms. The van der Waals surface area contributed by atoms with Crippen LogP contribution in [-0.2, 0) is 9.53 Å². The first-order valence-electron chi connectivity index (χ1n) is 7.19. The Morgan fingerprint density at radius 2 is 2.08 bits per heavy atom. The predicted molar refractivity (Wildman–Crippen MR) is 96.1 cm³/mol. The van der Waals surface area contributed by atoms with Crippen LogP contribution in [0.25, 0.3) is 0 Å². The predicted octanol–water partition coefficient (Wildman–Crippen LogP) is 2.53. The normalized spacial score (nSPS) is 10.4. The Labute approximate surface area is 148 Å². The summed E-state index contributed by atoms with van der Waals surface area (Å²) in [6, 6.07) is 6.94. The molecule has 2 rings (SSSR count). The van der Waals surface area contributed by atoms with Crippen molar-refractivity contribution in [3.8, 4) is 0 Å². The van der Waals surface area contributed by atoms with E-state index in [1.165, 1.54) is 30.0 Å². The second-order valence-electron chi connectivity index (χ2n) is 4.73. The molecule has 0 saturated carbocycles. The van der Waals surface area contributed by atoms with Crippen LogP contribution in [0.4, 0.5) is 10.8 Å². The van der Waals surface area contributed by atoms with Crippen LogP contribution in [0.3, 0.4) is 0 Å². The lowest BCUT2D eigenvalue weighted by Gasteiger charge is -2.08. The molecule has 0 bridgehead atoms. The molecule has 1 aromatic heterocycles. The molecule has 0 atom stereocenters. The van der Waals surface area contributed by atoms with Crippen molar-refractivity contribution in [1.29, 1.82) is 0 Å². The highest BCUT2D eigenvalue weighted by atomic mass is 32.2. The fraction of sp³-hybridized carbons (Fsp3) is 0.333. The number of Topliss-reactive ketones (excluding diaryl/α,β-unsaturated/α-hetero) is 1. The minimum absolute atomic E-state index is 0.0885. The molecule has 1 amide bonds. The lowest BCUT2D eigenvalue weighted by molar-refractivity contribution is -0.113. The molecule has 24 heavy (non-hydrogen) atoms. The molecule has 0 aliphatic carbocycles. The average molecular weight is 366 g/mol. The third-order valence-corrected chi connectivity index (χ3v) is 4.91. The summed E-state index contributed by atoms with van der Waals surface area (Å²) in [7, 11) is 1.63. The summed E-state index contributed by atoms with van der Waals surface area (Å²) in [6.07, 6.45) is 0. The Morgan fingerprint density at radius 1 is 1.29 bits per heavy atom. The van der Waals surface area contributed by atoms with E-state index in [2.05, 4.69) is 20.8 Å². The van der Waals surface area contributed by atoms with E-state index in [1.807, 2.05) is 0 Å². The van der Waals surface area contributed by atoms with Crippen molar-refractivity contribution in [1.82, 2.24) is 10.2 Å². The zero-order chi connectivity index (χ0) is 17.4. The van der Waals surface area contributed by atoms with Gasteiger partial charge >= 0.3 is 0 Å². The lowest BCUT2D eigenvalue weighted by atomic mass is 10.1. The third-order valence-electron chi connectivity index (χ3n) is 2.90. The molecule has 0 fully saturated rings. The summed E-state index contributed by atoms with van der Waals surface area (Å²) in [5.41, 5.74) is 1.02. The standard InChI is InChI=1S/C15H18N4O3S2/c1-10(20)11-5-3-4-6-12(11)17-13(21)9-23-15-19-18-14(24-15)16-7-8-22-2/h3-6H,7-9H2,1-2H3,(H,16,18)(H,17,21). The van der Waals surface area contributed by atoms with Crippen molar-refractivity contribution in [2.75, 3.05) is 36.6 Å². The first-order valence-corrected chi connectivity index (χ1v) is 8.99. The molecule has 2 N–H and O–H groups in total. The number of carbonyl (C=O) groups excluding carboxylic acids is 2. The first-order chi connectivity index (χ1) is 11.6. The van der Waals surface area contributed by atoms with Gasteiger partial charge in [0.25, 0.3) is 0 Å². The molecule has 0 aliphatic rings. The number of amides is 1. The molecule has 0 spiro atoms. The van der Waals surface area contributed by atoms with E-state index in [-0.39, 0.29) is 17.4 Å². The maximum absolute atomic E-state index is 12.1. The number of ketones is 1. The molecular weight excluding hydrogens is 348 g/mol. The van der Waals surface area contributed by atoms with Crippen LogP contribution in [0.5, 0.6) is 0 Å². The SMILES string of the molecule is COCCNc1nnc(SCC(=O)Nc2ccccc2C(C)=O)s1. The number of para-hydroxylation sites is 1. The second-order valence-corrected chi connectivity index (χ2v) is 6.93. The summed E-state index contributed by atoms with van der Waals surface area (Å²) < 4.78 is 5.64. The molecule has 2 aromatic rings. The van der Waals surface area contributed by atoms with Crippen molar-refractivity contribution >= 4 is 45.6 Å². The maximum Gasteiger partial charge on any atom is 0.234 e. The van der Waals surface area contributed by atoms with Crippen LogP contribution in [0, 0.1) is 0 Å². The zero-order valence-corrected chi connectivity index (χ0v) is 15.0. The number of aromatic nitrogens is 2. The quantitative estimate of drug-likeness (QED) is 0.400. The third kappa shape index (κ3) is 5.59. The lowest BCUT2D eigenvalue weighted by Crippen LogP contribution is -2.16. The number of ether oxygens (including phenoxy) is 1. The topological polar surface area (TPSA) is 93.2 Å². The molecule has 1 heterocycles. The summed E-state index contributed by atoms with van der Waals surface area (Å²) >= 11 is 2.68. The Balaban J connectivity index is 1.84. The van der Waals surface area contributed by atoms with Crippen LogP contribution >= 0.6 is 23.1 Å². The summed E-state index contributed by atoms with van der Waals surface area (Å²) in [5.74, 6) is -0.0916. The number of hydrogen-bond acceptors (Lipinski definition) is 8. The van der Waals surface area contributed by atoms with Gasteiger partial charge in [-0.15, -0.1) is 10.2 Å². The van der Waals surface area contributed by atoms with Gasteiger partial charge in [-0.2, -0.15) is 0 Å². The smallest absolute Gasteiger partial charge is 0.234 e. The highest BCUT2D eigenvalue weighted by molar-refractivity contribution is 8.01. The van der Waals surface area contributed by atoms with E-state index in [0.29, 0.717) is 33.9 Å². The van der Waals surface area contributed by atoms with Gasteiger partial charge in [0.05, 0.1) is 18.0 Å². The number of thioether (sulfide) groups is 1. The minimum atomic E-state index is -0.196. The van der Waals surface area contributed by atoms with Gasteiger partial charge in [0.1, 0.15) is 0 Å². The van der Waals surface area contributed by atoms with Crippen molar-refractivity contribution in [3.05, 3.63) is 29.8 Å². The molecule has 0 unspecified atom stereocenters. The number of anilines is 2. The van der Waals surface area contributed by atoms with Crippen LogP contribution < -0.4 is 10.6 Å². The number of nitrogens with one attached hydrogen (secondary N) is 2. The van der Waals surface area contributed by atoms with Crippen molar-refractivity contribution in [2.45, 2.75) is 11.3 Å². The van der Waals surface area contributed by atoms with Gasteiger partial charge < -0.3 is 15.4 Å². The van der Waals surface area contributed by atoms with Crippen LogP contribution in [-0.4, -0.2) is 47.9 Å². The van der Waals surface area contributed by atoms with Gasteiger partial charge in [0.2, 0.25) is 11.0 Å². The fourth-order valence-corrected chi connectivity index (χ4v) is 3.39. The highest BCUT2D eigenvalue weighted by Crippen LogP contribution is 2.25. The largest absolute Gasteiger partial charge is 0.383 e. The van der Waals surface area contributed by atoms with E-state index in [9.17, 15) is 9.59 Å². The summed E-state index contributed by atoms with van der Waals surface area (Å²) in [5, 5.41) is 14.5. The molecule has 0 aliphatic heterocycles. The highest BCUT2D eigenvalue weighted by Gasteiger charge is 2.11. The Morgan fingerprint density at radius 3 is 2.83 bits per heavy atom. The average Bonchev–Trinajstić information content (AvgIpc) is 3.01. The summed E-state index contributed by atoms with van der Waals surface area (Å²) in [6.45, 7) is 2.71. The number of carbonyl (C=O) groups is 2. The first kappa shape index (κ1) is 18.4. The van der Waals surface area contributed by atoms with E-state index < -0.39 is 0 Å². The van der Waals surface area contributed by atoms with Gasteiger partial charge in [0.15, 0.2) is 10.1 Å². The van der Waals surface area contributed by atoms with Gasteiger partial charge in [-0.05, 0) is 19.1 Å². The number of hydrogen-bond donors (Lipinski definition) is 2. The molecule has 128 valence electrons. The summed E-state index contributed by atoms with van der Waals surface area (Å²) in [4.78, 5) is 23.6. The monoisotopic (exact) mass is 366 g/mol. The van der Waals surface area contributed by atoms with Crippen LogP contribution in [0.2, 0.25) is 0 Å². The Hall–Kier alpha value is -1.97. The van der Waals surface area contributed by atoms with Crippen LogP contribution in [0.1, 0.15) is 17.3 Å².